The molecule has 0 aromatic heterocycles. The molecule has 0 atom stereocenters. The van der Waals surface area contributed by atoms with Crippen LogP contribution in [0.15, 0.2) is 0 Å². The predicted octanol–water partition coefficient (Wildman–Crippen LogP) is -18.6. The minimum Gasteiger partial charge on any atom is -1.00 e. The van der Waals surface area contributed by atoms with Crippen LogP contribution in [0.2, 0.25) is 0 Å². The predicted molar refractivity (Wildman–Crippen MR) is 19.1 cm³/mol. The first-order chi connectivity index (χ1) is 2.00. The Bertz CT molecular complexity index is 74.4. The van der Waals surface area contributed by atoms with Gasteiger partial charge >= 0.3 is 164 Å². The summed E-state index contributed by atoms with van der Waals surface area (Å²) in [4.78, 5) is 25.6. The van der Waals surface area contributed by atoms with Gasteiger partial charge in [-0.3, -0.25) is 0 Å². The molecule has 0 rings (SSSR count). The van der Waals surface area contributed by atoms with Crippen LogP contribution in [0.1, 0.15) is 0 Å². The van der Waals surface area contributed by atoms with E-state index in [1.165, 1.54) is 0 Å². The van der Waals surface area contributed by atoms with Gasteiger partial charge in [-0.1, -0.05) is 0 Å². The summed E-state index contributed by atoms with van der Waals surface area (Å²) < 4.78 is 8.55. The molecule has 12 heavy (non-hydrogen) atoms. The van der Waals surface area contributed by atoms with E-state index in [0.717, 1.165) is 0 Å². The van der Waals surface area contributed by atoms with Gasteiger partial charge in [-0.2, -0.15) is 7.82 Å². The summed E-state index contributed by atoms with van der Waals surface area (Å²) in [6, 6.07) is 0. The van der Waals surface area contributed by atoms with Crippen molar-refractivity contribution in [3.05, 3.63) is 0 Å². The van der Waals surface area contributed by atoms with Crippen LogP contribution in [0, 0.1) is 0 Å². The van der Waals surface area contributed by atoms with Crippen LogP contribution in [0.5, 0.6) is 0 Å². The molecule has 0 aliphatic rings. The SMILES string of the molecule is O=P([O-])([O-])[O-].[Ca+2].[Cl-].[Cl-].[Cl-].[K+].[K+].[Mg+2]. The van der Waals surface area contributed by atoms with Gasteiger partial charge in [0, 0.05) is 0 Å². The number of rotatable bonds is 0. The average Bonchev–Trinajstić information content (AvgIpc) is 0.722. The summed E-state index contributed by atoms with van der Waals surface area (Å²) in [7, 11) is -5.39. The fraction of sp³-hybridized carbons (Fsp3) is 0. The van der Waals surface area contributed by atoms with E-state index in [-0.39, 0.29) is 201 Å². The van der Waals surface area contributed by atoms with Gasteiger partial charge in [0.05, 0.1) is 0 Å². The molecule has 12 heteroatoms. The number of hydrogen-bond acceptors (Lipinski definition) is 4. The molecule has 0 amide bonds. The van der Waals surface area contributed by atoms with Crippen molar-refractivity contribution >= 4 is 68.6 Å². The van der Waals surface area contributed by atoms with E-state index >= 15 is 0 Å². The molecule has 0 radical (unpaired) electrons. The van der Waals surface area contributed by atoms with Gasteiger partial charge < -0.3 is 56.5 Å². The number of halogens is 3. The Hall–Kier alpha value is 6.28. The molecular weight excluding hydrogens is 344 g/mol. The normalized spacial score (nSPS) is 4.92. The zero-order valence-electron chi connectivity index (χ0n) is 6.63. The third-order valence-electron chi connectivity index (χ3n) is 0. The summed E-state index contributed by atoms with van der Waals surface area (Å²) in [6.07, 6.45) is 0. The Balaban J connectivity index is -0.00000000381. The second-order valence-electron chi connectivity index (χ2n) is 0.447. The van der Waals surface area contributed by atoms with Crippen LogP contribution in [0.3, 0.4) is 0 Å². The molecule has 0 unspecified atom stereocenters. The first-order valence-electron chi connectivity index (χ1n) is 0.730. The molecule has 0 saturated heterocycles. The maximum atomic E-state index is 8.55. The number of phosphoric acid groups is 1. The van der Waals surface area contributed by atoms with Crippen molar-refractivity contribution < 1.29 is 159 Å². The zero-order valence-corrected chi connectivity index (χ0v) is 19.7. The average molecular weight is 344 g/mol. The molecule has 0 saturated carbocycles. The van der Waals surface area contributed by atoms with E-state index in [2.05, 4.69) is 0 Å². The van der Waals surface area contributed by atoms with Crippen LogP contribution in [0.25, 0.3) is 0 Å². The maximum absolute atomic E-state index is 8.55. The van der Waals surface area contributed by atoms with Crippen molar-refractivity contribution in [1.82, 2.24) is 0 Å². The van der Waals surface area contributed by atoms with Crippen molar-refractivity contribution in [3.8, 4) is 0 Å². The van der Waals surface area contributed by atoms with Crippen molar-refractivity contribution in [1.29, 1.82) is 0 Å². The molecule has 0 heterocycles. The molecule has 56 valence electrons. The Labute approximate surface area is 221 Å². The molecule has 0 aliphatic heterocycles. The minimum atomic E-state index is -5.39. The first kappa shape index (κ1) is 51.7. The summed E-state index contributed by atoms with van der Waals surface area (Å²) in [5.74, 6) is 0. The maximum Gasteiger partial charge on any atom is 2.00 e. The van der Waals surface area contributed by atoms with Crippen LogP contribution in [0.4, 0.5) is 0 Å². The molecule has 0 aromatic carbocycles. The first-order valence-corrected chi connectivity index (χ1v) is 2.19. The summed E-state index contributed by atoms with van der Waals surface area (Å²) in [6.45, 7) is 0. The Morgan fingerprint density at radius 2 is 0.833 bits per heavy atom. The number of hydrogen-bond donors (Lipinski definition) is 0. The van der Waals surface area contributed by atoms with Gasteiger partial charge in [0.15, 0.2) is 0 Å². The summed E-state index contributed by atoms with van der Waals surface area (Å²) >= 11 is 0. The van der Waals surface area contributed by atoms with E-state index in [4.69, 9.17) is 19.2 Å². The second kappa shape index (κ2) is 30.4. The van der Waals surface area contributed by atoms with E-state index in [9.17, 15) is 0 Å². The summed E-state index contributed by atoms with van der Waals surface area (Å²) in [5.41, 5.74) is 0. The Morgan fingerprint density at radius 3 is 0.833 bits per heavy atom. The largest absolute Gasteiger partial charge is 2.00 e. The molecule has 0 aliphatic carbocycles. The van der Waals surface area contributed by atoms with Gasteiger partial charge in [0.2, 0.25) is 0 Å². The molecular formula is CaCl3K2MgO4P. The molecule has 0 N–H and O–H groups in total. The van der Waals surface area contributed by atoms with E-state index in [1.807, 2.05) is 0 Å². The van der Waals surface area contributed by atoms with Gasteiger partial charge in [0.1, 0.15) is 0 Å². The second-order valence-corrected chi connectivity index (χ2v) is 1.34. The van der Waals surface area contributed by atoms with E-state index in [1.54, 1.807) is 0 Å². The molecule has 0 aromatic rings. The van der Waals surface area contributed by atoms with Crippen molar-refractivity contribution in [2.75, 3.05) is 0 Å². The molecule has 0 spiro atoms. The third kappa shape index (κ3) is 96.4. The van der Waals surface area contributed by atoms with E-state index < -0.39 is 7.82 Å². The Morgan fingerprint density at radius 1 is 0.833 bits per heavy atom. The summed E-state index contributed by atoms with van der Waals surface area (Å²) in [5, 5.41) is 0. The molecule has 0 fully saturated rings. The van der Waals surface area contributed by atoms with Crippen molar-refractivity contribution in [3.63, 3.8) is 0 Å². The topological polar surface area (TPSA) is 86.2 Å². The van der Waals surface area contributed by atoms with Gasteiger partial charge in [-0.05, 0) is 0 Å². The quantitative estimate of drug-likeness (QED) is 0.323. The Kier molecular flexibility index (Phi) is 131. The van der Waals surface area contributed by atoms with Crippen LogP contribution >= 0.6 is 7.82 Å². The third-order valence-corrected chi connectivity index (χ3v) is 0. The minimum absolute atomic E-state index is 0. The fourth-order valence-electron chi connectivity index (χ4n) is 0. The van der Waals surface area contributed by atoms with Crippen molar-refractivity contribution in [2.45, 2.75) is 0 Å². The zero-order chi connectivity index (χ0) is 4.50. The fourth-order valence-corrected chi connectivity index (χ4v) is 0. The van der Waals surface area contributed by atoms with E-state index in [0.29, 0.717) is 0 Å². The van der Waals surface area contributed by atoms with Gasteiger partial charge in [-0.25, -0.2) is 0 Å². The van der Waals surface area contributed by atoms with Gasteiger partial charge in [0.25, 0.3) is 0 Å². The van der Waals surface area contributed by atoms with Crippen LogP contribution in [-0.4, -0.2) is 60.8 Å². The standard InChI is InChI=1S/Ca.3ClH.2K.Mg.H3O4P/c;;;;;;;1-5(2,3)4/h;3*1H;;;;(H3,1,2,3,4)/q+2;;;;2*+1;+2;/p-6. The van der Waals surface area contributed by atoms with Crippen LogP contribution in [-0.2, 0) is 4.57 Å². The molecule has 0 bridgehead atoms. The monoisotopic (exact) mass is 342 g/mol. The van der Waals surface area contributed by atoms with Crippen LogP contribution < -0.4 is 155 Å². The van der Waals surface area contributed by atoms with Crippen molar-refractivity contribution in [2.24, 2.45) is 0 Å². The smallest absolute Gasteiger partial charge is 1.00 e. The van der Waals surface area contributed by atoms with Gasteiger partial charge in [-0.15, -0.1) is 0 Å². The molecule has 4 nitrogen and oxygen atoms in total.